The normalized spacial score (nSPS) is 14.6. The van der Waals surface area contributed by atoms with E-state index in [1.165, 1.54) is 141 Å². The number of methoxy groups -OCH3 is 1. The molecule has 0 aromatic carbocycles. The van der Waals surface area contributed by atoms with Crippen molar-refractivity contribution in [2.24, 2.45) is 0 Å². The lowest BCUT2D eigenvalue weighted by Gasteiger charge is -2.32. The van der Waals surface area contributed by atoms with Crippen LogP contribution in [0, 0.1) is 0 Å². The maximum Gasteiger partial charge on any atom is 0.220 e. The van der Waals surface area contributed by atoms with Gasteiger partial charge in [-0.2, -0.15) is 0 Å². The summed E-state index contributed by atoms with van der Waals surface area (Å²) in [7, 11) is 3.45. The van der Waals surface area contributed by atoms with Gasteiger partial charge in [-0.1, -0.05) is 180 Å². The van der Waals surface area contributed by atoms with Gasteiger partial charge in [0.05, 0.1) is 52.6 Å². The van der Waals surface area contributed by atoms with Crippen LogP contribution in [0.25, 0.3) is 0 Å². The summed E-state index contributed by atoms with van der Waals surface area (Å²) >= 11 is 0. The summed E-state index contributed by atoms with van der Waals surface area (Å²) in [5.74, 6) is -0.0683. The molecule has 50 heavy (non-hydrogen) atoms. The second-order valence-corrected chi connectivity index (χ2v) is 17.9. The minimum atomic E-state index is -4.05. The maximum absolute atomic E-state index is 13.0. The van der Waals surface area contributed by atoms with Crippen molar-refractivity contribution < 1.29 is 28.0 Å². The van der Waals surface area contributed by atoms with Crippen molar-refractivity contribution in [3.8, 4) is 0 Å². The molecular weight excluding hydrogens is 643 g/mol. The fourth-order valence-electron chi connectivity index (χ4n) is 6.37. The fraction of sp³-hybridized carbons (Fsp3) is 0.929. The Balaban J connectivity index is 4.54. The van der Waals surface area contributed by atoms with Gasteiger partial charge in [-0.3, -0.25) is 4.79 Å². The first-order valence-electron chi connectivity index (χ1n) is 21.3. The first kappa shape index (κ1) is 49.3. The maximum atomic E-state index is 13.0. The van der Waals surface area contributed by atoms with Gasteiger partial charge < -0.3 is 28.5 Å². The highest BCUT2D eigenvalue weighted by Gasteiger charge is 2.24. The third-order valence-corrected chi connectivity index (χ3v) is 11.1. The number of quaternary nitrogens is 1. The van der Waals surface area contributed by atoms with Gasteiger partial charge in [-0.25, -0.2) is 0 Å². The summed E-state index contributed by atoms with van der Waals surface area (Å²) in [5, 5.41) is 3.06. The molecule has 0 aromatic heterocycles. The van der Waals surface area contributed by atoms with E-state index in [9.17, 15) is 14.3 Å². The van der Waals surface area contributed by atoms with Crippen LogP contribution in [0.4, 0.5) is 0 Å². The van der Waals surface area contributed by atoms with Crippen LogP contribution < -0.4 is 10.2 Å². The van der Waals surface area contributed by atoms with E-state index in [4.69, 9.17) is 9.26 Å². The van der Waals surface area contributed by atoms with Crippen LogP contribution >= 0.6 is 7.60 Å². The molecule has 3 atom stereocenters. The van der Waals surface area contributed by atoms with E-state index in [1.54, 1.807) is 7.11 Å². The molecule has 0 spiro atoms. The van der Waals surface area contributed by atoms with Crippen molar-refractivity contribution in [2.45, 2.75) is 206 Å². The number of hydrogen-bond acceptors (Lipinski definition) is 5. The number of hydrogen-bond donors (Lipinski definition) is 1. The van der Waals surface area contributed by atoms with E-state index in [-0.39, 0.29) is 18.7 Å². The Hall–Kier alpha value is -0.720. The van der Waals surface area contributed by atoms with Gasteiger partial charge in [0.25, 0.3) is 0 Å². The molecule has 0 bridgehead atoms. The van der Waals surface area contributed by atoms with Crippen molar-refractivity contribution in [2.75, 3.05) is 47.6 Å². The molecule has 0 rings (SSSR count). The largest absolute Gasteiger partial charge is 0.778 e. The lowest BCUT2D eigenvalue weighted by molar-refractivity contribution is -0.868. The number of nitrogens with zero attached hydrogens (tertiary/aromatic N) is 1. The molecule has 0 aromatic rings. The van der Waals surface area contributed by atoms with Crippen LogP contribution in [0.1, 0.15) is 194 Å². The summed E-state index contributed by atoms with van der Waals surface area (Å²) < 4.78 is 24.5. The minimum absolute atomic E-state index is 0.0391. The van der Waals surface area contributed by atoms with Gasteiger partial charge in [-0.15, -0.1) is 0 Å². The highest BCUT2D eigenvalue weighted by atomic mass is 31.2. The van der Waals surface area contributed by atoms with E-state index >= 15 is 0 Å². The molecule has 0 aliphatic rings. The highest BCUT2D eigenvalue weighted by Crippen LogP contribution is 2.37. The molecule has 0 fully saturated rings. The van der Waals surface area contributed by atoms with Crippen LogP contribution in [0.15, 0.2) is 12.2 Å². The molecule has 298 valence electrons. The number of nitrogens with one attached hydrogen (secondary N) is 1. The Morgan fingerprint density at radius 2 is 1.08 bits per heavy atom. The Kier molecular flexibility index (Phi) is 33.6. The van der Waals surface area contributed by atoms with Gasteiger partial charge in [0.15, 0.2) is 0 Å². The number of rotatable bonds is 38. The molecule has 1 N–H and O–H groups in total. The molecule has 1 unspecified atom stereocenters. The van der Waals surface area contributed by atoms with E-state index in [1.807, 2.05) is 27.2 Å². The number of amides is 1. The average Bonchev–Trinajstić information content (AvgIpc) is 3.07. The summed E-state index contributed by atoms with van der Waals surface area (Å²) in [5.41, 5.74) is 0. The Labute approximate surface area is 311 Å². The van der Waals surface area contributed by atoms with Crippen LogP contribution in [0.3, 0.4) is 0 Å². The third kappa shape index (κ3) is 34.4. The number of allylic oxidation sites excluding steroid dienone is 1. The Bertz CT molecular complexity index is 831. The topological polar surface area (TPSA) is 87.7 Å². The van der Waals surface area contributed by atoms with E-state index in [2.05, 4.69) is 25.2 Å². The van der Waals surface area contributed by atoms with Crippen molar-refractivity contribution in [3.05, 3.63) is 12.2 Å². The second-order valence-electron chi connectivity index (χ2n) is 16.0. The summed E-state index contributed by atoms with van der Waals surface area (Å²) in [4.78, 5) is 25.7. The molecule has 0 heterocycles. The molecule has 0 saturated heterocycles. The molecule has 1 amide bonds. The lowest BCUT2D eigenvalue weighted by atomic mass is 10.0. The monoisotopic (exact) mass is 729 g/mol. The zero-order chi connectivity index (χ0) is 37.2. The molecule has 0 aliphatic heterocycles. The lowest BCUT2D eigenvalue weighted by Crippen LogP contribution is -2.46. The SMILES string of the molecule is CCCCCCCCCCCCC/C=C/[C@@H](OC)[C@H](COP(=O)([O-])CC[N+](C)(C)C)NC(=O)CCCCCCCCCCCCCCCCC. The van der Waals surface area contributed by atoms with Crippen molar-refractivity contribution in [1.82, 2.24) is 5.32 Å². The van der Waals surface area contributed by atoms with Crippen molar-refractivity contribution in [1.29, 1.82) is 0 Å². The van der Waals surface area contributed by atoms with Gasteiger partial charge in [-0.05, 0) is 19.3 Å². The minimum Gasteiger partial charge on any atom is -0.778 e. The van der Waals surface area contributed by atoms with Crippen LogP contribution in [-0.4, -0.2) is 70.1 Å². The van der Waals surface area contributed by atoms with Crippen LogP contribution in [0.5, 0.6) is 0 Å². The first-order chi connectivity index (χ1) is 24.0. The Morgan fingerprint density at radius 1 is 0.680 bits per heavy atom. The molecule has 0 aliphatic carbocycles. The summed E-state index contributed by atoms with van der Waals surface area (Å²) in [6.07, 6.45) is 38.7. The zero-order valence-electron chi connectivity index (χ0n) is 34.2. The molecular formula is C42H85N2O5P. The quantitative estimate of drug-likeness (QED) is 0.0296. The number of carbonyl (C=O) groups is 1. The smallest absolute Gasteiger partial charge is 0.220 e. The number of unbranched alkanes of at least 4 members (excludes halogenated alkanes) is 25. The average molecular weight is 729 g/mol. The second kappa shape index (κ2) is 34.1. The number of ether oxygens (including phenoxy) is 1. The molecule has 0 radical (unpaired) electrons. The molecule has 0 saturated carbocycles. The molecule has 7 nitrogen and oxygen atoms in total. The summed E-state index contributed by atoms with van der Waals surface area (Å²) in [6, 6.07) is -0.566. The predicted octanol–water partition coefficient (Wildman–Crippen LogP) is 11.3. The van der Waals surface area contributed by atoms with Gasteiger partial charge >= 0.3 is 0 Å². The van der Waals surface area contributed by atoms with Crippen LogP contribution in [0.2, 0.25) is 0 Å². The molecule has 8 heteroatoms. The highest BCUT2D eigenvalue weighted by molar-refractivity contribution is 7.51. The van der Waals surface area contributed by atoms with Crippen molar-refractivity contribution >= 4 is 13.5 Å². The van der Waals surface area contributed by atoms with Crippen LogP contribution in [-0.2, 0) is 18.6 Å². The number of carbonyl (C=O) groups excluding carboxylic acids is 1. The standard InChI is InChI=1S/C42H85N2O5P/c1-7-9-11-13-15-17-19-21-22-24-26-28-30-32-34-36-42(45)43-40(39-49-50(46,47)38-37-44(3,4)5)41(48-6)35-33-31-29-27-25-23-20-18-16-14-12-10-8-2/h33,35,40-41H,7-32,34,36-39H2,1-6H3,(H-,43,45,46,47)/b35-33+/t40-,41+/m0/s1. The van der Waals surface area contributed by atoms with E-state index in [0.29, 0.717) is 17.4 Å². The fourth-order valence-corrected chi connectivity index (χ4v) is 7.73. The third-order valence-electron chi connectivity index (χ3n) is 9.82. The zero-order valence-corrected chi connectivity index (χ0v) is 35.1. The van der Waals surface area contributed by atoms with Gasteiger partial charge in [0, 0.05) is 13.5 Å². The van der Waals surface area contributed by atoms with Gasteiger partial charge in [0.1, 0.15) is 7.60 Å². The van der Waals surface area contributed by atoms with Crippen molar-refractivity contribution in [3.63, 3.8) is 0 Å². The Morgan fingerprint density at radius 3 is 1.48 bits per heavy atom. The van der Waals surface area contributed by atoms with E-state index in [0.717, 1.165) is 32.1 Å². The van der Waals surface area contributed by atoms with E-state index < -0.39 is 19.7 Å². The first-order valence-corrected chi connectivity index (χ1v) is 23.0. The predicted molar refractivity (Wildman–Crippen MR) is 214 cm³/mol. The summed E-state index contributed by atoms with van der Waals surface area (Å²) in [6.45, 7) is 4.88. The van der Waals surface area contributed by atoms with Gasteiger partial charge in [0.2, 0.25) is 5.91 Å².